The van der Waals surface area contributed by atoms with Gasteiger partial charge in [0.2, 0.25) is 0 Å². The van der Waals surface area contributed by atoms with E-state index in [1.54, 1.807) is 0 Å². The summed E-state index contributed by atoms with van der Waals surface area (Å²) in [7, 11) is 0. The molecular formula is C16H19NO. The lowest BCUT2D eigenvalue weighted by Gasteiger charge is -2.53. The zero-order valence-corrected chi connectivity index (χ0v) is 10.5. The quantitative estimate of drug-likeness (QED) is 0.684. The summed E-state index contributed by atoms with van der Waals surface area (Å²) in [6.45, 7) is 1.10. The predicted octanol–water partition coefficient (Wildman–Crippen LogP) is 2.51. The number of rotatable bonds is 0. The summed E-state index contributed by atoms with van der Waals surface area (Å²) in [5, 5.41) is 13.5. The van der Waals surface area contributed by atoms with E-state index < -0.39 is 0 Å². The molecule has 18 heavy (non-hydrogen) atoms. The summed E-state index contributed by atoms with van der Waals surface area (Å²) in [5.74, 6) is 1.13. The molecule has 1 aliphatic heterocycles. The Morgan fingerprint density at radius 3 is 3.22 bits per heavy atom. The van der Waals surface area contributed by atoms with Crippen LogP contribution in [0.3, 0.4) is 0 Å². The van der Waals surface area contributed by atoms with Crippen molar-refractivity contribution in [3.8, 4) is 5.75 Å². The second kappa shape index (κ2) is 3.61. The van der Waals surface area contributed by atoms with E-state index >= 15 is 0 Å². The molecule has 0 spiro atoms. The highest BCUT2D eigenvalue weighted by molar-refractivity contribution is 5.48. The average Bonchev–Trinajstić information content (AvgIpc) is 2.40. The van der Waals surface area contributed by atoms with Crippen molar-refractivity contribution in [1.29, 1.82) is 0 Å². The molecule has 0 saturated carbocycles. The molecule has 0 radical (unpaired) electrons. The highest BCUT2D eigenvalue weighted by atomic mass is 16.3. The van der Waals surface area contributed by atoms with Gasteiger partial charge in [0.15, 0.2) is 0 Å². The van der Waals surface area contributed by atoms with Crippen LogP contribution in [0.25, 0.3) is 0 Å². The van der Waals surface area contributed by atoms with Gasteiger partial charge in [0.25, 0.3) is 0 Å². The second-order valence-corrected chi connectivity index (χ2v) is 5.98. The van der Waals surface area contributed by atoms with Crippen LogP contribution in [0.15, 0.2) is 30.4 Å². The molecule has 1 aromatic rings. The van der Waals surface area contributed by atoms with Crippen molar-refractivity contribution in [2.45, 2.75) is 37.1 Å². The van der Waals surface area contributed by atoms with Crippen LogP contribution >= 0.6 is 0 Å². The average molecular weight is 241 g/mol. The number of hydrogen-bond donors (Lipinski definition) is 2. The maximum absolute atomic E-state index is 9.83. The minimum atomic E-state index is 0.195. The first-order chi connectivity index (χ1) is 8.79. The van der Waals surface area contributed by atoms with Gasteiger partial charge in [0.05, 0.1) is 0 Å². The number of nitrogens with one attached hydrogen (secondary N) is 1. The number of phenolic OH excluding ortho intramolecular Hbond substituents is 1. The number of fused-ring (bicyclic) bond motifs is 1. The van der Waals surface area contributed by atoms with E-state index in [2.05, 4.69) is 23.5 Å². The summed E-state index contributed by atoms with van der Waals surface area (Å²) in [4.78, 5) is 0. The summed E-state index contributed by atoms with van der Waals surface area (Å²) >= 11 is 0. The minimum absolute atomic E-state index is 0.195. The van der Waals surface area contributed by atoms with Gasteiger partial charge in [0, 0.05) is 11.5 Å². The molecule has 2 aliphatic carbocycles. The fourth-order valence-corrected chi connectivity index (χ4v) is 4.44. The van der Waals surface area contributed by atoms with Crippen LogP contribution in [0.4, 0.5) is 0 Å². The van der Waals surface area contributed by atoms with Gasteiger partial charge in [-0.3, -0.25) is 0 Å². The molecule has 3 aliphatic rings. The van der Waals surface area contributed by atoms with E-state index in [1.807, 2.05) is 12.1 Å². The van der Waals surface area contributed by atoms with E-state index in [0.717, 1.165) is 13.0 Å². The topological polar surface area (TPSA) is 32.3 Å². The standard InChI is InChI=1S/C16H19NO/c18-12-5-4-11-9-15-13-3-1-2-6-16(13,7-8-17-15)14(11)10-12/h2,4-6,10,13,15,17-18H,1,3,7-9H2/t13-,15+,16+/m0/s1. The molecule has 1 fully saturated rings. The number of hydrogen-bond acceptors (Lipinski definition) is 2. The van der Waals surface area contributed by atoms with Gasteiger partial charge in [-0.2, -0.15) is 0 Å². The number of phenols is 1. The fraction of sp³-hybridized carbons (Fsp3) is 0.500. The van der Waals surface area contributed by atoms with E-state index in [0.29, 0.717) is 17.7 Å². The lowest BCUT2D eigenvalue weighted by Crippen LogP contribution is -2.58. The molecular weight excluding hydrogens is 222 g/mol. The summed E-state index contributed by atoms with van der Waals surface area (Å²) in [5.41, 5.74) is 3.01. The first kappa shape index (κ1) is 10.6. The van der Waals surface area contributed by atoms with Crippen molar-refractivity contribution < 1.29 is 5.11 Å². The monoisotopic (exact) mass is 241 g/mol. The third-order valence-corrected chi connectivity index (χ3v) is 5.19. The van der Waals surface area contributed by atoms with E-state index in [4.69, 9.17) is 0 Å². The lowest BCUT2D eigenvalue weighted by atomic mass is 9.55. The van der Waals surface area contributed by atoms with Gasteiger partial charge in [-0.1, -0.05) is 18.2 Å². The summed E-state index contributed by atoms with van der Waals surface area (Å²) in [6.07, 6.45) is 9.56. The van der Waals surface area contributed by atoms with Gasteiger partial charge in [-0.05, 0) is 61.4 Å². The first-order valence-electron chi connectivity index (χ1n) is 7.03. The number of piperidine rings is 1. The summed E-state index contributed by atoms with van der Waals surface area (Å²) in [6, 6.07) is 6.59. The molecule has 0 unspecified atom stereocenters. The molecule has 2 bridgehead atoms. The van der Waals surface area contributed by atoms with Crippen LogP contribution in [0.1, 0.15) is 30.4 Å². The molecule has 4 rings (SSSR count). The van der Waals surface area contributed by atoms with Crippen LogP contribution in [0, 0.1) is 5.92 Å². The third kappa shape index (κ3) is 1.27. The minimum Gasteiger partial charge on any atom is -0.508 e. The molecule has 94 valence electrons. The molecule has 2 nitrogen and oxygen atoms in total. The van der Waals surface area contributed by atoms with Crippen LogP contribution in [-0.4, -0.2) is 17.7 Å². The first-order valence-corrected chi connectivity index (χ1v) is 7.03. The molecule has 2 N–H and O–H groups in total. The van der Waals surface area contributed by atoms with Gasteiger partial charge >= 0.3 is 0 Å². The molecule has 0 amide bonds. The Kier molecular flexibility index (Phi) is 2.13. The zero-order valence-electron chi connectivity index (χ0n) is 10.5. The number of aromatic hydroxyl groups is 1. The number of allylic oxidation sites excluding steroid dienone is 2. The van der Waals surface area contributed by atoms with E-state index in [9.17, 15) is 5.11 Å². The van der Waals surface area contributed by atoms with E-state index in [-0.39, 0.29) is 5.41 Å². The molecule has 1 heterocycles. The molecule has 1 saturated heterocycles. The Bertz CT molecular complexity index is 522. The van der Waals surface area contributed by atoms with Crippen LogP contribution in [0.2, 0.25) is 0 Å². The van der Waals surface area contributed by atoms with Crippen molar-refractivity contribution in [3.05, 3.63) is 41.5 Å². The van der Waals surface area contributed by atoms with Crippen molar-refractivity contribution in [2.24, 2.45) is 5.92 Å². The van der Waals surface area contributed by atoms with Gasteiger partial charge in [-0.15, -0.1) is 0 Å². The Morgan fingerprint density at radius 1 is 1.33 bits per heavy atom. The zero-order chi connectivity index (χ0) is 12.2. The van der Waals surface area contributed by atoms with Crippen LogP contribution in [0.5, 0.6) is 5.75 Å². The van der Waals surface area contributed by atoms with Crippen LogP contribution < -0.4 is 5.32 Å². The van der Waals surface area contributed by atoms with Gasteiger partial charge < -0.3 is 10.4 Å². The summed E-state index contributed by atoms with van der Waals surface area (Å²) < 4.78 is 0. The third-order valence-electron chi connectivity index (χ3n) is 5.19. The van der Waals surface area contributed by atoms with E-state index in [1.165, 1.54) is 30.4 Å². The van der Waals surface area contributed by atoms with Crippen LogP contribution in [-0.2, 0) is 11.8 Å². The smallest absolute Gasteiger partial charge is 0.115 e. The van der Waals surface area contributed by atoms with Crippen molar-refractivity contribution >= 4 is 0 Å². The Balaban J connectivity index is 1.96. The number of benzene rings is 1. The molecule has 3 atom stereocenters. The largest absolute Gasteiger partial charge is 0.508 e. The van der Waals surface area contributed by atoms with Crippen molar-refractivity contribution in [1.82, 2.24) is 5.32 Å². The normalized spacial score (nSPS) is 36.9. The highest BCUT2D eigenvalue weighted by Crippen LogP contribution is 2.51. The Labute approximate surface area is 108 Å². The Morgan fingerprint density at radius 2 is 2.28 bits per heavy atom. The maximum Gasteiger partial charge on any atom is 0.115 e. The van der Waals surface area contributed by atoms with Crippen molar-refractivity contribution in [2.75, 3.05) is 6.54 Å². The SMILES string of the molecule is Oc1ccc2c(c1)[C@@]13C=CCC[C@H]1[C@@H](C2)NCC3. The van der Waals surface area contributed by atoms with Gasteiger partial charge in [-0.25, -0.2) is 0 Å². The highest BCUT2D eigenvalue weighted by Gasteiger charge is 2.49. The lowest BCUT2D eigenvalue weighted by molar-refractivity contribution is 0.149. The van der Waals surface area contributed by atoms with Gasteiger partial charge in [0.1, 0.15) is 5.75 Å². The Hall–Kier alpha value is -1.28. The molecule has 2 heteroatoms. The fourth-order valence-electron chi connectivity index (χ4n) is 4.44. The molecule has 1 aromatic carbocycles. The molecule has 0 aromatic heterocycles. The predicted molar refractivity (Wildman–Crippen MR) is 71.8 cm³/mol. The van der Waals surface area contributed by atoms with Crippen molar-refractivity contribution in [3.63, 3.8) is 0 Å². The second-order valence-electron chi connectivity index (χ2n) is 5.98. The maximum atomic E-state index is 9.83.